The molecule has 6 nitrogen and oxygen atoms in total. The molecule has 0 aliphatic rings. The minimum Gasteiger partial charge on any atom is -0.474 e. The molecule has 0 saturated carbocycles. The number of halogens is 6. The SMILES string of the molecule is O=C(O)C(=O)N(Cc1ccc(OC(F)(F)F)cc1)c1ccc(-c2ccc(OC(F)(F)F)cc2)cc1. The number of ether oxygens (including phenoxy) is 2. The van der Waals surface area contributed by atoms with E-state index in [4.69, 9.17) is 0 Å². The summed E-state index contributed by atoms with van der Waals surface area (Å²) in [5.41, 5.74) is 1.60. The van der Waals surface area contributed by atoms with Gasteiger partial charge in [0.15, 0.2) is 0 Å². The van der Waals surface area contributed by atoms with E-state index in [1.54, 1.807) is 0 Å². The van der Waals surface area contributed by atoms with Gasteiger partial charge in [-0.25, -0.2) is 4.79 Å². The van der Waals surface area contributed by atoms with Gasteiger partial charge >= 0.3 is 24.6 Å². The molecule has 0 unspecified atom stereocenters. The molecule has 0 aromatic heterocycles. The van der Waals surface area contributed by atoms with Crippen LogP contribution < -0.4 is 14.4 Å². The van der Waals surface area contributed by atoms with Crippen LogP contribution in [0.3, 0.4) is 0 Å². The average molecular weight is 499 g/mol. The predicted molar refractivity (Wildman–Crippen MR) is 111 cm³/mol. The molecule has 3 aromatic rings. The van der Waals surface area contributed by atoms with Crippen LogP contribution in [0.25, 0.3) is 11.1 Å². The van der Waals surface area contributed by atoms with Crippen LogP contribution in [-0.2, 0) is 16.1 Å². The molecule has 0 aliphatic heterocycles. The van der Waals surface area contributed by atoms with Crippen molar-refractivity contribution in [3.05, 3.63) is 78.4 Å². The third-order valence-electron chi connectivity index (χ3n) is 4.53. The first kappa shape index (κ1) is 25.4. The van der Waals surface area contributed by atoms with Gasteiger partial charge in [0.1, 0.15) is 11.5 Å². The second-order valence-electron chi connectivity index (χ2n) is 7.01. The molecule has 0 saturated heterocycles. The van der Waals surface area contributed by atoms with Crippen molar-refractivity contribution in [2.24, 2.45) is 0 Å². The fourth-order valence-electron chi connectivity index (χ4n) is 3.06. The highest BCUT2D eigenvalue weighted by Gasteiger charge is 2.32. The summed E-state index contributed by atoms with van der Waals surface area (Å²) in [4.78, 5) is 24.5. The predicted octanol–water partition coefficient (Wildman–Crippen LogP) is 5.77. The fourth-order valence-corrected chi connectivity index (χ4v) is 3.06. The molecular weight excluding hydrogens is 484 g/mol. The van der Waals surface area contributed by atoms with E-state index in [2.05, 4.69) is 9.47 Å². The average Bonchev–Trinajstić information content (AvgIpc) is 2.77. The summed E-state index contributed by atoms with van der Waals surface area (Å²) >= 11 is 0. The smallest absolute Gasteiger partial charge is 0.474 e. The lowest BCUT2D eigenvalue weighted by atomic mass is 10.0. The van der Waals surface area contributed by atoms with E-state index in [1.807, 2.05) is 0 Å². The number of nitrogens with zero attached hydrogens (tertiary/aromatic N) is 1. The lowest BCUT2D eigenvalue weighted by Gasteiger charge is -2.21. The number of aliphatic carboxylic acids is 1. The van der Waals surface area contributed by atoms with Gasteiger partial charge in [-0.2, -0.15) is 0 Å². The number of hydrogen-bond acceptors (Lipinski definition) is 4. The Labute approximate surface area is 193 Å². The molecule has 184 valence electrons. The van der Waals surface area contributed by atoms with E-state index in [9.17, 15) is 41.0 Å². The topological polar surface area (TPSA) is 76.1 Å². The van der Waals surface area contributed by atoms with Gasteiger partial charge in [-0.15, -0.1) is 26.3 Å². The zero-order chi connectivity index (χ0) is 25.8. The van der Waals surface area contributed by atoms with Crippen molar-refractivity contribution in [2.45, 2.75) is 19.3 Å². The summed E-state index contributed by atoms with van der Waals surface area (Å²) in [6.45, 7) is -0.264. The number of carbonyl (C=O) groups is 2. The number of amides is 1. The van der Waals surface area contributed by atoms with Crippen molar-refractivity contribution >= 4 is 17.6 Å². The fraction of sp³-hybridized carbons (Fsp3) is 0.130. The highest BCUT2D eigenvalue weighted by Crippen LogP contribution is 2.29. The van der Waals surface area contributed by atoms with Gasteiger partial charge in [0.2, 0.25) is 0 Å². The first-order valence-electron chi connectivity index (χ1n) is 9.66. The lowest BCUT2D eigenvalue weighted by Crippen LogP contribution is -2.36. The van der Waals surface area contributed by atoms with Gasteiger partial charge in [0.25, 0.3) is 0 Å². The number of alkyl halides is 6. The Hall–Kier alpha value is -4.22. The number of carbonyl (C=O) groups excluding carboxylic acids is 1. The van der Waals surface area contributed by atoms with E-state index < -0.39 is 36.1 Å². The molecule has 0 radical (unpaired) electrons. The van der Waals surface area contributed by atoms with E-state index in [-0.39, 0.29) is 12.2 Å². The van der Waals surface area contributed by atoms with Crippen molar-refractivity contribution in [2.75, 3.05) is 4.90 Å². The molecule has 0 bridgehead atoms. The molecule has 0 aliphatic carbocycles. The third-order valence-corrected chi connectivity index (χ3v) is 4.53. The van der Waals surface area contributed by atoms with Crippen molar-refractivity contribution in [1.29, 1.82) is 0 Å². The van der Waals surface area contributed by atoms with Crippen molar-refractivity contribution < 1.29 is 50.5 Å². The Morgan fingerprint density at radius 3 is 1.49 bits per heavy atom. The highest BCUT2D eigenvalue weighted by atomic mass is 19.4. The summed E-state index contributed by atoms with van der Waals surface area (Å²) in [6.07, 6.45) is -9.70. The number of rotatable bonds is 6. The summed E-state index contributed by atoms with van der Waals surface area (Å²) in [6, 6.07) is 15.5. The van der Waals surface area contributed by atoms with E-state index in [0.717, 1.165) is 29.2 Å². The molecule has 12 heteroatoms. The van der Waals surface area contributed by atoms with Gasteiger partial charge in [-0.1, -0.05) is 36.4 Å². The quantitative estimate of drug-likeness (QED) is 0.344. The summed E-state index contributed by atoms with van der Waals surface area (Å²) in [5.74, 6) is -3.90. The molecule has 3 aromatic carbocycles. The number of hydrogen-bond donors (Lipinski definition) is 1. The van der Waals surface area contributed by atoms with E-state index in [0.29, 0.717) is 16.7 Å². The van der Waals surface area contributed by atoms with Gasteiger partial charge < -0.3 is 14.6 Å². The van der Waals surface area contributed by atoms with Crippen LogP contribution in [0.1, 0.15) is 5.56 Å². The first-order valence-corrected chi connectivity index (χ1v) is 9.66. The van der Waals surface area contributed by atoms with Crippen LogP contribution >= 0.6 is 0 Å². The maximum atomic E-state index is 12.3. The second kappa shape index (κ2) is 9.95. The number of anilines is 1. The van der Waals surface area contributed by atoms with Gasteiger partial charge in [0, 0.05) is 5.69 Å². The molecule has 35 heavy (non-hydrogen) atoms. The second-order valence-corrected chi connectivity index (χ2v) is 7.01. The Bertz CT molecular complexity index is 1170. The summed E-state index contributed by atoms with van der Waals surface area (Å²) < 4.78 is 81.4. The number of carboxylic acid groups (broad SMARTS) is 1. The first-order chi connectivity index (χ1) is 16.3. The normalized spacial score (nSPS) is 11.6. The maximum Gasteiger partial charge on any atom is 0.573 e. The van der Waals surface area contributed by atoms with Crippen molar-refractivity contribution in [1.82, 2.24) is 0 Å². The Morgan fingerprint density at radius 1 is 0.686 bits per heavy atom. The van der Waals surface area contributed by atoms with Crippen LogP contribution in [0.5, 0.6) is 11.5 Å². The highest BCUT2D eigenvalue weighted by molar-refractivity contribution is 6.37. The van der Waals surface area contributed by atoms with Crippen LogP contribution in [0.2, 0.25) is 0 Å². The van der Waals surface area contributed by atoms with Crippen LogP contribution in [0, 0.1) is 0 Å². The molecule has 1 N–H and O–H groups in total. The lowest BCUT2D eigenvalue weighted by molar-refractivity contribution is -0.275. The van der Waals surface area contributed by atoms with Crippen LogP contribution in [-0.4, -0.2) is 29.7 Å². The van der Waals surface area contributed by atoms with E-state index >= 15 is 0 Å². The van der Waals surface area contributed by atoms with Gasteiger partial charge in [-0.05, 0) is 53.1 Å². The Morgan fingerprint density at radius 2 is 1.09 bits per heavy atom. The Balaban J connectivity index is 1.79. The molecule has 1 amide bonds. The van der Waals surface area contributed by atoms with E-state index in [1.165, 1.54) is 48.5 Å². The summed E-state index contributed by atoms with van der Waals surface area (Å²) in [5, 5.41) is 9.17. The van der Waals surface area contributed by atoms with Crippen molar-refractivity contribution in [3.8, 4) is 22.6 Å². The largest absolute Gasteiger partial charge is 0.573 e. The number of benzene rings is 3. The molecule has 0 atom stereocenters. The molecule has 3 rings (SSSR count). The summed E-state index contributed by atoms with van der Waals surface area (Å²) in [7, 11) is 0. The minimum atomic E-state index is -4.87. The monoisotopic (exact) mass is 499 g/mol. The van der Waals surface area contributed by atoms with Crippen LogP contribution in [0.4, 0.5) is 32.0 Å². The third kappa shape index (κ3) is 7.39. The van der Waals surface area contributed by atoms with Gasteiger partial charge in [-0.3, -0.25) is 9.69 Å². The molecular formula is C23H15F6NO5. The maximum absolute atomic E-state index is 12.3. The minimum absolute atomic E-state index is 0.175. The standard InChI is InChI=1S/C23H15F6NO5/c24-22(25,26)34-18-9-1-14(2-10-18)13-30(20(31)21(32)33)17-7-3-15(4-8-17)16-5-11-19(12-6-16)35-23(27,28)29/h1-12H,13H2,(H,32,33). The van der Waals surface area contributed by atoms with Gasteiger partial charge in [0.05, 0.1) is 6.54 Å². The molecule has 0 spiro atoms. The Kier molecular flexibility index (Phi) is 7.22. The molecule has 0 fully saturated rings. The van der Waals surface area contributed by atoms with Crippen LogP contribution in [0.15, 0.2) is 72.8 Å². The zero-order valence-electron chi connectivity index (χ0n) is 17.4. The number of carboxylic acids is 1. The van der Waals surface area contributed by atoms with Crippen molar-refractivity contribution in [3.63, 3.8) is 0 Å². The zero-order valence-corrected chi connectivity index (χ0v) is 17.4. The molecule has 0 heterocycles.